The molecule has 7 nitrogen and oxygen atoms in total. The van der Waals surface area contributed by atoms with E-state index in [2.05, 4.69) is 11.6 Å². The van der Waals surface area contributed by atoms with Gasteiger partial charge in [0.25, 0.3) is 10.0 Å². The van der Waals surface area contributed by atoms with Gasteiger partial charge < -0.3 is 14.4 Å². The molecule has 2 aliphatic rings. The van der Waals surface area contributed by atoms with Crippen LogP contribution in [0.2, 0.25) is 0 Å². The molecule has 1 atom stereocenters. The fourth-order valence-electron chi connectivity index (χ4n) is 3.60. The summed E-state index contributed by atoms with van der Waals surface area (Å²) in [6.07, 6.45) is 0.0959. The highest BCUT2D eigenvalue weighted by Gasteiger charge is 2.38. The Morgan fingerprint density at radius 1 is 1.14 bits per heavy atom. The molecule has 0 radical (unpaired) electrons. The van der Waals surface area contributed by atoms with Crippen molar-refractivity contribution in [3.63, 3.8) is 0 Å². The molecule has 0 saturated heterocycles. The Morgan fingerprint density at radius 2 is 1.89 bits per heavy atom. The Bertz CT molecular complexity index is 1070. The Labute approximate surface area is 168 Å². The van der Waals surface area contributed by atoms with Crippen LogP contribution in [0.4, 0.5) is 11.4 Å². The van der Waals surface area contributed by atoms with Gasteiger partial charge in [-0.2, -0.15) is 0 Å². The summed E-state index contributed by atoms with van der Waals surface area (Å²) in [6.45, 7) is 2.65. The number of amides is 1. The first-order chi connectivity index (χ1) is 13.3. The summed E-state index contributed by atoms with van der Waals surface area (Å²) in [5.74, 6) is 0.867. The molecule has 0 unspecified atom stereocenters. The third-order valence-electron chi connectivity index (χ3n) is 4.79. The third-order valence-corrected chi connectivity index (χ3v) is 7.40. The molecule has 28 heavy (non-hydrogen) atoms. The van der Waals surface area contributed by atoms with Crippen LogP contribution in [0.1, 0.15) is 12.5 Å². The van der Waals surface area contributed by atoms with Gasteiger partial charge in [0.2, 0.25) is 5.91 Å². The number of methoxy groups -OCH3 is 2. The van der Waals surface area contributed by atoms with Crippen LogP contribution in [0.25, 0.3) is 0 Å². The molecule has 0 bridgehead atoms. The maximum Gasteiger partial charge on any atom is 0.262 e. The lowest BCUT2D eigenvalue weighted by Crippen LogP contribution is -2.35. The van der Waals surface area contributed by atoms with Crippen LogP contribution in [0, 0.1) is 0 Å². The molecule has 2 heterocycles. The molecule has 148 valence electrons. The van der Waals surface area contributed by atoms with Gasteiger partial charge in [-0.05, 0) is 24.3 Å². The van der Waals surface area contributed by atoms with Crippen molar-refractivity contribution >= 4 is 39.1 Å². The van der Waals surface area contributed by atoms with E-state index in [9.17, 15) is 13.2 Å². The highest BCUT2D eigenvalue weighted by atomic mass is 32.2. The van der Waals surface area contributed by atoms with E-state index in [1.807, 2.05) is 0 Å². The average Bonchev–Trinajstić information content (AvgIpc) is 2.98. The molecule has 0 fully saturated rings. The fraction of sp³-hybridized carbons (Fsp3) is 0.316. The second-order valence-electron chi connectivity index (χ2n) is 6.67. The number of rotatable bonds is 5. The molecule has 1 N–H and O–H groups in total. The van der Waals surface area contributed by atoms with Gasteiger partial charge in [0.1, 0.15) is 0 Å². The molecule has 2 aromatic carbocycles. The van der Waals surface area contributed by atoms with Crippen LogP contribution in [0.15, 0.2) is 40.1 Å². The molecule has 0 spiro atoms. The van der Waals surface area contributed by atoms with Gasteiger partial charge in [0.05, 0.1) is 36.9 Å². The van der Waals surface area contributed by atoms with Crippen molar-refractivity contribution in [2.45, 2.75) is 28.4 Å². The minimum Gasteiger partial charge on any atom is -0.493 e. The zero-order valence-electron chi connectivity index (χ0n) is 15.7. The molecular formula is C19H20N2O5S2. The number of carbonyl (C=O) groups excluding carboxylic acids is 1. The Balaban J connectivity index is 1.73. The lowest BCUT2D eigenvalue weighted by Gasteiger charge is -2.29. The van der Waals surface area contributed by atoms with E-state index in [4.69, 9.17) is 9.47 Å². The van der Waals surface area contributed by atoms with Crippen LogP contribution in [0.3, 0.4) is 0 Å². The maximum absolute atomic E-state index is 13.1. The van der Waals surface area contributed by atoms with E-state index < -0.39 is 10.0 Å². The van der Waals surface area contributed by atoms with Gasteiger partial charge in [-0.25, -0.2) is 8.42 Å². The van der Waals surface area contributed by atoms with Gasteiger partial charge in [-0.3, -0.25) is 9.52 Å². The predicted octanol–water partition coefficient (Wildman–Crippen LogP) is 2.89. The van der Waals surface area contributed by atoms with Crippen molar-refractivity contribution in [1.29, 1.82) is 0 Å². The number of nitrogens with one attached hydrogen (secondary N) is 1. The maximum atomic E-state index is 13.1. The summed E-state index contributed by atoms with van der Waals surface area (Å²) in [5, 5.41) is 0.273. The summed E-state index contributed by atoms with van der Waals surface area (Å²) in [5.41, 5.74) is 1.66. The lowest BCUT2D eigenvalue weighted by atomic mass is 10.1. The normalized spacial score (nSPS) is 18.0. The SMILES string of the molecule is COc1ccc(NS(=O)(=O)c2ccc3c4c2CC(=O)N4C[C@H](C)S3)cc1OC. The molecule has 9 heteroatoms. The lowest BCUT2D eigenvalue weighted by molar-refractivity contribution is -0.117. The predicted molar refractivity (Wildman–Crippen MR) is 108 cm³/mol. The smallest absolute Gasteiger partial charge is 0.262 e. The fourth-order valence-corrected chi connectivity index (χ4v) is 6.03. The molecule has 0 aliphatic carbocycles. The standard InChI is InChI=1S/C19H20N2O5S2/c1-11-10-21-18(22)9-13-17(7-6-16(27-11)19(13)21)28(23,24)20-12-4-5-14(25-2)15(8-12)26-3/h4-8,11,20H,9-10H2,1-3H3/t11-/m0/s1. The van der Waals surface area contributed by atoms with E-state index in [0.29, 0.717) is 29.3 Å². The molecule has 0 saturated carbocycles. The number of thioether (sulfide) groups is 1. The largest absolute Gasteiger partial charge is 0.493 e. The molecule has 2 aromatic rings. The van der Waals surface area contributed by atoms with Gasteiger partial charge in [-0.15, -0.1) is 11.8 Å². The number of benzene rings is 2. The van der Waals surface area contributed by atoms with Crippen molar-refractivity contribution < 1.29 is 22.7 Å². The molecule has 2 aliphatic heterocycles. The monoisotopic (exact) mass is 420 g/mol. The second kappa shape index (κ2) is 6.89. The molecule has 1 amide bonds. The van der Waals surface area contributed by atoms with E-state index in [1.165, 1.54) is 14.2 Å². The van der Waals surface area contributed by atoms with E-state index in [-0.39, 0.29) is 22.5 Å². The zero-order chi connectivity index (χ0) is 20.1. The average molecular weight is 421 g/mol. The number of nitrogens with zero attached hydrogens (tertiary/aromatic N) is 1. The second-order valence-corrected chi connectivity index (χ2v) is 9.80. The number of hydrogen-bond acceptors (Lipinski definition) is 6. The Kier molecular flexibility index (Phi) is 4.67. The van der Waals surface area contributed by atoms with Crippen molar-refractivity contribution in [3.05, 3.63) is 35.9 Å². The van der Waals surface area contributed by atoms with E-state index >= 15 is 0 Å². The van der Waals surface area contributed by atoms with Crippen molar-refractivity contribution in [2.24, 2.45) is 0 Å². The highest BCUT2D eigenvalue weighted by molar-refractivity contribution is 8.00. The van der Waals surface area contributed by atoms with Crippen LogP contribution in [-0.4, -0.2) is 40.3 Å². The van der Waals surface area contributed by atoms with Crippen molar-refractivity contribution in [3.8, 4) is 11.5 Å². The number of hydrogen-bond donors (Lipinski definition) is 1. The van der Waals surface area contributed by atoms with E-state index in [1.54, 1.807) is 47.0 Å². The number of anilines is 2. The minimum atomic E-state index is -3.88. The van der Waals surface area contributed by atoms with Crippen molar-refractivity contribution in [1.82, 2.24) is 0 Å². The molecule has 0 aromatic heterocycles. The van der Waals surface area contributed by atoms with Gasteiger partial charge in [0, 0.05) is 28.3 Å². The van der Waals surface area contributed by atoms with Crippen LogP contribution >= 0.6 is 11.8 Å². The Morgan fingerprint density at radius 3 is 2.61 bits per heavy atom. The van der Waals surface area contributed by atoms with Crippen LogP contribution in [0.5, 0.6) is 11.5 Å². The zero-order valence-corrected chi connectivity index (χ0v) is 17.3. The van der Waals surface area contributed by atoms with E-state index in [0.717, 1.165) is 10.6 Å². The van der Waals surface area contributed by atoms with Crippen LogP contribution in [-0.2, 0) is 21.2 Å². The van der Waals surface area contributed by atoms with Crippen LogP contribution < -0.4 is 19.1 Å². The molecule has 4 rings (SSSR count). The highest BCUT2D eigenvalue weighted by Crippen LogP contribution is 2.46. The Hall–Kier alpha value is -2.39. The number of carbonyl (C=O) groups is 1. The topological polar surface area (TPSA) is 84.9 Å². The first-order valence-corrected chi connectivity index (χ1v) is 11.1. The number of ether oxygens (including phenoxy) is 2. The first-order valence-electron chi connectivity index (χ1n) is 8.72. The van der Waals surface area contributed by atoms with Gasteiger partial charge in [-0.1, -0.05) is 6.92 Å². The van der Waals surface area contributed by atoms with Gasteiger partial charge in [0.15, 0.2) is 11.5 Å². The first kappa shape index (κ1) is 18.9. The quantitative estimate of drug-likeness (QED) is 0.801. The van der Waals surface area contributed by atoms with Crippen molar-refractivity contribution in [2.75, 3.05) is 30.4 Å². The summed E-state index contributed by atoms with van der Waals surface area (Å²) < 4.78 is 39.2. The summed E-state index contributed by atoms with van der Waals surface area (Å²) in [7, 11) is -0.882. The summed E-state index contributed by atoms with van der Waals surface area (Å²) >= 11 is 1.66. The summed E-state index contributed by atoms with van der Waals surface area (Å²) in [4.78, 5) is 15.2. The summed E-state index contributed by atoms with van der Waals surface area (Å²) in [6, 6.07) is 8.16. The number of sulfonamides is 1. The third kappa shape index (κ3) is 3.08. The minimum absolute atomic E-state index is 0.0582. The molecular weight excluding hydrogens is 400 g/mol. The van der Waals surface area contributed by atoms with Gasteiger partial charge >= 0.3 is 0 Å².